The van der Waals surface area contributed by atoms with Crippen molar-refractivity contribution in [2.75, 3.05) is 11.9 Å². The number of anilines is 1. The van der Waals surface area contributed by atoms with E-state index in [9.17, 15) is 19.2 Å². The Labute approximate surface area is 207 Å². The molecule has 32 heavy (non-hydrogen) atoms. The van der Waals surface area contributed by atoms with Crippen LogP contribution in [0.25, 0.3) is 0 Å². The Kier molecular flexibility index (Phi) is 7.27. The number of imide groups is 1. The molecule has 2 aromatic rings. The van der Waals surface area contributed by atoms with Gasteiger partial charge in [-0.1, -0.05) is 64.1 Å². The predicted molar refractivity (Wildman–Crippen MR) is 122 cm³/mol. The van der Waals surface area contributed by atoms with Crippen LogP contribution in [0, 0.1) is 6.92 Å². The fourth-order valence-corrected chi connectivity index (χ4v) is 4.14. The maximum absolute atomic E-state index is 12.8. The molecule has 168 valence electrons. The van der Waals surface area contributed by atoms with Crippen molar-refractivity contribution in [2.45, 2.75) is 19.9 Å². The van der Waals surface area contributed by atoms with Crippen LogP contribution in [0.5, 0.6) is 0 Å². The fourth-order valence-electron chi connectivity index (χ4n) is 2.95. The third-order valence-corrected chi connectivity index (χ3v) is 6.87. The normalized spacial score (nSPS) is 13.8. The first kappa shape index (κ1) is 24.6. The van der Waals surface area contributed by atoms with Gasteiger partial charge in [-0.15, -0.1) is 0 Å². The third-order valence-electron chi connectivity index (χ3n) is 4.66. The second-order valence-electron chi connectivity index (χ2n) is 6.78. The Morgan fingerprint density at radius 1 is 0.969 bits per heavy atom. The van der Waals surface area contributed by atoms with Crippen LogP contribution in [0.4, 0.5) is 5.69 Å². The van der Waals surface area contributed by atoms with E-state index in [1.807, 2.05) is 0 Å². The molecule has 1 heterocycles. The van der Waals surface area contributed by atoms with Crippen molar-refractivity contribution in [3.05, 3.63) is 60.0 Å². The summed E-state index contributed by atoms with van der Waals surface area (Å²) in [7, 11) is 0. The number of fused-ring (bicyclic) bond motifs is 1. The predicted octanol–water partition coefficient (Wildman–Crippen LogP) is 5.43. The summed E-state index contributed by atoms with van der Waals surface area (Å²) in [5.41, 5.74) is 0.719. The molecular formula is C20H13Cl5N2O5. The minimum Gasteiger partial charge on any atom is -0.454 e. The minimum absolute atomic E-state index is 0.191. The van der Waals surface area contributed by atoms with Crippen molar-refractivity contribution in [1.82, 2.24) is 4.90 Å². The number of hydrogen-bond donors (Lipinski definition) is 1. The van der Waals surface area contributed by atoms with Gasteiger partial charge in [-0.05, 0) is 31.5 Å². The molecule has 3 amide bonds. The number of nitrogens with one attached hydrogen (secondary N) is 1. The molecular weight excluding hydrogens is 525 g/mol. The number of nitrogens with zero attached hydrogens (tertiary/aromatic N) is 1. The fraction of sp³-hybridized carbons (Fsp3) is 0.200. The molecule has 1 atom stereocenters. The van der Waals surface area contributed by atoms with Crippen molar-refractivity contribution in [3.63, 3.8) is 0 Å². The van der Waals surface area contributed by atoms with Gasteiger partial charge >= 0.3 is 5.97 Å². The van der Waals surface area contributed by atoms with E-state index in [0.717, 1.165) is 5.56 Å². The van der Waals surface area contributed by atoms with E-state index in [0.29, 0.717) is 15.6 Å². The molecule has 1 N–H and O–H groups in total. The monoisotopic (exact) mass is 536 g/mol. The highest BCUT2D eigenvalue weighted by Crippen LogP contribution is 2.45. The van der Waals surface area contributed by atoms with Crippen LogP contribution in [-0.4, -0.2) is 41.2 Å². The zero-order chi connectivity index (χ0) is 23.9. The number of esters is 1. The summed E-state index contributed by atoms with van der Waals surface area (Å²) in [6.07, 6.45) is 0. The van der Waals surface area contributed by atoms with Gasteiger partial charge in [0, 0.05) is 10.7 Å². The zero-order valence-electron chi connectivity index (χ0n) is 16.4. The minimum atomic E-state index is -1.38. The summed E-state index contributed by atoms with van der Waals surface area (Å²) in [5, 5.41) is 2.08. The molecule has 7 nitrogen and oxygen atoms in total. The highest BCUT2D eigenvalue weighted by atomic mass is 35.5. The summed E-state index contributed by atoms with van der Waals surface area (Å²) in [4.78, 5) is 50.7. The lowest BCUT2D eigenvalue weighted by atomic mass is 10.1. The standard InChI is InChI=1S/C20H13Cl5N2O5/c1-7-3-4-9(5-10(7)21)26-11(28)6-32-20(31)8(2)27-18(29)12-13(19(27)30)15(23)17(25)16(24)14(12)22/h3-5,8H,6H2,1-2H3,(H,26,28). The highest BCUT2D eigenvalue weighted by molar-refractivity contribution is 6.55. The molecule has 0 aromatic heterocycles. The molecule has 12 heteroatoms. The number of carbonyl (C=O) groups excluding carboxylic acids is 4. The molecule has 1 unspecified atom stereocenters. The van der Waals surface area contributed by atoms with E-state index >= 15 is 0 Å². The molecule has 0 fully saturated rings. The molecule has 0 spiro atoms. The Morgan fingerprint density at radius 2 is 1.50 bits per heavy atom. The lowest BCUT2D eigenvalue weighted by Gasteiger charge is -2.20. The Balaban J connectivity index is 1.70. The second-order valence-corrected chi connectivity index (χ2v) is 8.70. The lowest BCUT2D eigenvalue weighted by molar-refractivity contribution is -0.150. The van der Waals surface area contributed by atoms with E-state index in [2.05, 4.69) is 5.32 Å². The summed E-state index contributed by atoms with van der Waals surface area (Å²) < 4.78 is 4.96. The number of benzene rings is 2. The van der Waals surface area contributed by atoms with Gasteiger partial charge in [-0.2, -0.15) is 0 Å². The van der Waals surface area contributed by atoms with Crippen LogP contribution in [0.3, 0.4) is 0 Å². The number of halogens is 5. The largest absolute Gasteiger partial charge is 0.454 e. The van der Waals surface area contributed by atoms with Crippen LogP contribution in [-0.2, 0) is 14.3 Å². The first-order valence-electron chi connectivity index (χ1n) is 8.92. The number of aryl methyl sites for hydroxylation is 1. The van der Waals surface area contributed by atoms with Crippen molar-refractivity contribution in [2.24, 2.45) is 0 Å². The van der Waals surface area contributed by atoms with E-state index in [1.165, 1.54) is 6.92 Å². The van der Waals surface area contributed by atoms with Gasteiger partial charge in [0.05, 0.1) is 31.2 Å². The van der Waals surface area contributed by atoms with Crippen molar-refractivity contribution < 1.29 is 23.9 Å². The molecule has 2 aromatic carbocycles. The number of carbonyl (C=O) groups is 4. The van der Waals surface area contributed by atoms with Gasteiger partial charge in [-0.3, -0.25) is 19.3 Å². The summed E-state index contributed by atoms with van der Waals surface area (Å²) in [6.45, 7) is 2.41. The Hall–Kier alpha value is -2.03. The van der Waals surface area contributed by atoms with Crippen LogP contribution >= 0.6 is 58.0 Å². The maximum Gasteiger partial charge on any atom is 0.329 e. The van der Waals surface area contributed by atoms with Crippen LogP contribution in [0.15, 0.2) is 18.2 Å². The van der Waals surface area contributed by atoms with E-state index in [4.69, 9.17) is 62.7 Å². The van der Waals surface area contributed by atoms with Gasteiger partial charge in [0.15, 0.2) is 6.61 Å². The van der Waals surface area contributed by atoms with Gasteiger partial charge in [0.2, 0.25) is 0 Å². The van der Waals surface area contributed by atoms with Crippen LogP contribution < -0.4 is 5.32 Å². The van der Waals surface area contributed by atoms with E-state index in [-0.39, 0.29) is 31.2 Å². The molecule has 0 bridgehead atoms. The molecule has 0 saturated heterocycles. The van der Waals surface area contributed by atoms with Gasteiger partial charge in [0.25, 0.3) is 17.7 Å². The number of hydrogen-bond acceptors (Lipinski definition) is 5. The van der Waals surface area contributed by atoms with Gasteiger partial charge in [-0.25, -0.2) is 4.79 Å². The molecule has 3 rings (SSSR count). The maximum atomic E-state index is 12.8. The molecule has 0 radical (unpaired) electrons. The number of rotatable bonds is 5. The first-order chi connectivity index (χ1) is 15.0. The lowest BCUT2D eigenvalue weighted by Crippen LogP contribution is -2.44. The topological polar surface area (TPSA) is 92.8 Å². The first-order valence-corrected chi connectivity index (χ1v) is 10.8. The van der Waals surface area contributed by atoms with Crippen LogP contribution in [0.2, 0.25) is 25.1 Å². The van der Waals surface area contributed by atoms with E-state index < -0.39 is 36.3 Å². The van der Waals surface area contributed by atoms with Gasteiger partial charge < -0.3 is 10.1 Å². The molecule has 0 saturated carbocycles. The quantitative estimate of drug-likeness (QED) is 0.237. The van der Waals surface area contributed by atoms with Gasteiger partial charge in [0.1, 0.15) is 6.04 Å². The average Bonchev–Trinajstić information content (AvgIpc) is 3.01. The summed E-state index contributed by atoms with van der Waals surface area (Å²) >= 11 is 30.1. The van der Waals surface area contributed by atoms with Crippen molar-refractivity contribution in [1.29, 1.82) is 0 Å². The van der Waals surface area contributed by atoms with Crippen molar-refractivity contribution in [3.8, 4) is 0 Å². The third kappa shape index (κ3) is 4.40. The van der Waals surface area contributed by atoms with E-state index in [1.54, 1.807) is 25.1 Å². The van der Waals surface area contributed by atoms with Crippen LogP contribution in [0.1, 0.15) is 33.2 Å². The molecule has 1 aliphatic heterocycles. The molecule has 1 aliphatic rings. The second kappa shape index (κ2) is 9.45. The SMILES string of the molecule is Cc1ccc(NC(=O)COC(=O)C(C)N2C(=O)c3c(Cl)c(Cl)c(Cl)c(Cl)c3C2=O)cc1Cl. The smallest absolute Gasteiger partial charge is 0.329 e. The highest BCUT2D eigenvalue weighted by Gasteiger charge is 2.45. The summed E-state index contributed by atoms with van der Waals surface area (Å²) in [6, 6.07) is 3.51. The zero-order valence-corrected chi connectivity index (χ0v) is 20.2. The Morgan fingerprint density at radius 3 is 2.00 bits per heavy atom. The number of amides is 3. The molecule has 0 aliphatic carbocycles. The summed E-state index contributed by atoms with van der Waals surface area (Å²) in [5.74, 6) is -3.42. The Bertz CT molecular complexity index is 1140. The average molecular weight is 539 g/mol. The number of ether oxygens (including phenoxy) is 1. The van der Waals surface area contributed by atoms with Crippen molar-refractivity contribution >= 4 is 87.4 Å².